The summed E-state index contributed by atoms with van der Waals surface area (Å²) in [4.78, 5) is 35.2. The second-order valence-electron chi connectivity index (χ2n) is 10.8. The standard InChI is InChI=1S/C25H28N6O2/c1-28-21-20(22(32)29(2)24(28)33)31-14-19(25-10-15-7-16(11-25)9-17(8-15)12-25)30(23(31)27-21)13-18-5-3-4-6-26-18/h3-6,14-17H,7-13H2,1-2H3. The molecule has 4 bridgehead atoms. The van der Waals surface area contributed by atoms with Crippen molar-refractivity contribution < 1.29 is 0 Å². The predicted octanol–water partition coefficient (Wildman–Crippen LogP) is 2.60. The van der Waals surface area contributed by atoms with E-state index >= 15 is 0 Å². The van der Waals surface area contributed by atoms with Gasteiger partial charge in [0.25, 0.3) is 5.56 Å². The Morgan fingerprint density at radius 2 is 1.70 bits per heavy atom. The highest BCUT2D eigenvalue weighted by molar-refractivity contribution is 5.76. The molecule has 0 atom stereocenters. The molecular weight excluding hydrogens is 416 g/mol. The van der Waals surface area contributed by atoms with Crippen molar-refractivity contribution in [2.45, 2.75) is 50.5 Å². The van der Waals surface area contributed by atoms with Gasteiger partial charge in [-0.05, 0) is 68.4 Å². The van der Waals surface area contributed by atoms with Crippen LogP contribution < -0.4 is 11.2 Å². The molecule has 0 amide bonds. The SMILES string of the molecule is Cn1c(=O)c2c(nc3n(Cc4ccccn4)c(C45CC6CC(CC(C6)C4)C5)cn23)n(C)c1=O. The van der Waals surface area contributed by atoms with Crippen LogP contribution >= 0.6 is 0 Å². The highest BCUT2D eigenvalue weighted by Gasteiger charge is 2.53. The number of nitrogens with zero attached hydrogens (tertiary/aromatic N) is 6. The number of aromatic nitrogens is 6. The Morgan fingerprint density at radius 3 is 2.33 bits per heavy atom. The van der Waals surface area contributed by atoms with Crippen molar-refractivity contribution in [3.63, 3.8) is 0 Å². The van der Waals surface area contributed by atoms with Crippen molar-refractivity contribution >= 4 is 16.9 Å². The van der Waals surface area contributed by atoms with Crippen LogP contribution in [-0.2, 0) is 26.1 Å². The molecule has 8 nitrogen and oxygen atoms in total. The molecular formula is C25H28N6O2. The number of hydrogen-bond donors (Lipinski definition) is 0. The molecule has 4 aromatic heterocycles. The molecule has 0 saturated heterocycles. The fourth-order valence-electron chi connectivity index (χ4n) is 7.67. The topological polar surface area (TPSA) is 79.1 Å². The van der Waals surface area contributed by atoms with Gasteiger partial charge >= 0.3 is 5.69 Å². The molecule has 8 rings (SSSR count). The fourth-order valence-corrected chi connectivity index (χ4v) is 7.67. The first-order valence-electron chi connectivity index (χ1n) is 12.0. The minimum atomic E-state index is -0.356. The van der Waals surface area contributed by atoms with Gasteiger partial charge in [0.05, 0.1) is 12.2 Å². The maximum atomic E-state index is 13.2. The summed E-state index contributed by atoms with van der Waals surface area (Å²) < 4.78 is 6.86. The molecule has 0 spiro atoms. The van der Waals surface area contributed by atoms with Gasteiger partial charge in [-0.2, -0.15) is 4.98 Å². The molecule has 33 heavy (non-hydrogen) atoms. The summed E-state index contributed by atoms with van der Waals surface area (Å²) in [5.41, 5.74) is 2.65. The average molecular weight is 445 g/mol. The van der Waals surface area contributed by atoms with Crippen molar-refractivity contribution in [1.82, 2.24) is 28.1 Å². The lowest BCUT2D eigenvalue weighted by molar-refractivity contribution is -0.00858. The summed E-state index contributed by atoms with van der Waals surface area (Å²) in [6, 6.07) is 5.98. The van der Waals surface area contributed by atoms with Crippen LogP contribution in [0.25, 0.3) is 16.9 Å². The molecule has 4 aliphatic carbocycles. The monoisotopic (exact) mass is 444 g/mol. The smallest absolute Gasteiger partial charge is 0.307 e. The lowest BCUT2D eigenvalue weighted by Crippen LogP contribution is -2.49. The molecule has 0 N–H and O–H groups in total. The molecule has 4 fully saturated rings. The summed E-state index contributed by atoms with van der Waals surface area (Å²) in [6.07, 6.45) is 11.8. The molecule has 170 valence electrons. The molecule has 4 saturated carbocycles. The quantitative estimate of drug-likeness (QED) is 0.487. The first-order valence-corrected chi connectivity index (χ1v) is 12.0. The Labute approximate surface area is 190 Å². The van der Waals surface area contributed by atoms with Crippen LogP contribution in [-0.4, -0.2) is 28.1 Å². The maximum absolute atomic E-state index is 13.2. The largest absolute Gasteiger partial charge is 0.332 e. The average Bonchev–Trinajstić information content (AvgIpc) is 3.34. The van der Waals surface area contributed by atoms with Crippen molar-refractivity contribution in [2.75, 3.05) is 0 Å². The number of imidazole rings is 2. The van der Waals surface area contributed by atoms with Gasteiger partial charge in [0.1, 0.15) is 0 Å². The molecule has 4 aliphatic rings. The van der Waals surface area contributed by atoms with E-state index in [1.165, 1.54) is 60.4 Å². The summed E-state index contributed by atoms with van der Waals surface area (Å²) >= 11 is 0. The van der Waals surface area contributed by atoms with E-state index in [9.17, 15) is 9.59 Å². The Balaban J connectivity index is 1.52. The van der Waals surface area contributed by atoms with Crippen LogP contribution in [0.5, 0.6) is 0 Å². The zero-order chi connectivity index (χ0) is 22.5. The third kappa shape index (κ3) is 2.57. The summed E-state index contributed by atoms with van der Waals surface area (Å²) in [7, 11) is 3.22. The van der Waals surface area contributed by atoms with Crippen LogP contribution in [0, 0.1) is 17.8 Å². The second kappa shape index (κ2) is 6.46. The van der Waals surface area contributed by atoms with E-state index < -0.39 is 0 Å². The minimum Gasteiger partial charge on any atom is -0.307 e. The van der Waals surface area contributed by atoms with Gasteiger partial charge < -0.3 is 4.57 Å². The molecule has 4 aromatic rings. The van der Waals surface area contributed by atoms with Crippen molar-refractivity contribution in [3.05, 3.63) is 62.8 Å². The Hall–Kier alpha value is -3.16. The van der Waals surface area contributed by atoms with E-state index in [2.05, 4.69) is 15.7 Å². The number of aryl methyl sites for hydroxylation is 1. The number of rotatable bonds is 3. The third-order valence-electron chi connectivity index (χ3n) is 8.68. The third-order valence-corrected chi connectivity index (χ3v) is 8.68. The van der Waals surface area contributed by atoms with Crippen LogP contribution in [0.1, 0.15) is 49.9 Å². The zero-order valence-corrected chi connectivity index (χ0v) is 19.1. The van der Waals surface area contributed by atoms with Gasteiger partial charge in [0, 0.05) is 37.6 Å². The van der Waals surface area contributed by atoms with Gasteiger partial charge in [-0.3, -0.25) is 23.3 Å². The van der Waals surface area contributed by atoms with E-state index in [0.29, 0.717) is 17.7 Å². The maximum Gasteiger partial charge on any atom is 0.332 e. The molecule has 8 heteroatoms. The van der Waals surface area contributed by atoms with Crippen molar-refractivity contribution in [3.8, 4) is 0 Å². The van der Waals surface area contributed by atoms with E-state index in [4.69, 9.17) is 4.98 Å². The number of hydrogen-bond acceptors (Lipinski definition) is 4. The van der Waals surface area contributed by atoms with Gasteiger partial charge in [-0.25, -0.2) is 4.79 Å². The fraction of sp³-hybridized carbons (Fsp3) is 0.520. The van der Waals surface area contributed by atoms with Gasteiger partial charge in [-0.1, -0.05) is 6.07 Å². The van der Waals surface area contributed by atoms with E-state index in [1.54, 1.807) is 7.05 Å². The van der Waals surface area contributed by atoms with Gasteiger partial charge in [-0.15, -0.1) is 0 Å². The normalized spacial score (nSPS) is 28.4. The Bertz CT molecular complexity index is 1500. The molecule has 0 unspecified atom stereocenters. The molecule has 4 heterocycles. The highest BCUT2D eigenvalue weighted by atomic mass is 16.2. The number of fused-ring (bicyclic) bond motifs is 3. The molecule has 0 radical (unpaired) electrons. The summed E-state index contributed by atoms with van der Waals surface area (Å²) in [5, 5.41) is 0. The predicted molar refractivity (Wildman–Crippen MR) is 124 cm³/mol. The van der Waals surface area contributed by atoms with Crippen molar-refractivity contribution in [1.29, 1.82) is 0 Å². The van der Waals surface area contributed by atoms with Crippen LogP contribution in [0.15, 0.2) is 40.2 Å². The van der Waals surface area contributed by atoms with Crippen LogP contribution in [0.4, 0.5) is 0 Å². The van der Waals surface area contributed by atoms with E-state index in [1.807, 2.05) is 28.8 Å². The summed E-state index contributed by atoms with van der Waals surface area (Å²) in [6.45, 7) is 0.603. The van der Waals surface area contributed by atoms with Crippen molar-refractivity contribution in [2.24, 2.45) is 31.8 Å². The molecule has 0 aromatic carbocycles. The lowest BCUT2D eigenvalue weighted by Gasteiger charge is -2.56. The van der Waals surface area contributed by atoms with Gasteiger partial charge in [0.2, 0.25) is 5.78 Å². The summed E-state index contributed by atoms with van der Waals surface area (Å²) in [5.74, 6) is 3.16. The first-order chi connectivity index (χ1) is 15.9. The van der Waals surface area contributed by atoms with Crippen LogP contribution in [0.2, 0.25) is 0 Å². The van der Waals surface area contributed by atoms with E-state index in [0.717, 1.165) is 29.2 Å². The first kappa shape index (κ1) is 19.3. The second-order valence-corrected chi connectivity index (χ2v) is 10.8. The van der Waals surface area contributed by atoms with Gasteiger partial charge in [0.15, 0.2) is 11.2 Å². The minimum absolute atomic E-state index is 0.141. The number of pyridine rings is 1. The highest BCUT2D eigenvalue weighted by Crippen LogP contribution is 2.60. The van der Waals surface area contributed by atoms with Crippen LogP contribution in [0.3, 0.4) is 0 Å². The molecule has 0 aliphatic heterocycles. The van der Waals surface area contributed by atoms with E-state index in [-0.39, 0.29) is 16.7 Å². The Morgan fingerprint density at radius 1 is 1.00 bits per heavy atom. The zero-order valence-electron chi connectivity index (χ0n) is 19.1. The lowest BCUT2D eigenvalue weighted by atomic mass is 9.49. The Kier molecular flexibility index (Phi) is 3.78.